The lowest BCUT2D eigenvalue weighted by Crippen LogP contribution is -1.99. The first-order chi connectivity index (χ1) is 13.6. The van der Waals surface area contributed by atoms with E-state index in [1.54, 1.807) is 0 Å². The number of allylic oxidation sites excluding steroid dienone is 2. The number of rotatable bonds is 4. The Hall–Kier alpha value is -2.86. The van der Waals surface area contributed by atoms with Crippen molar-refractivity contribution in [2.45, 2.75) is 32.6 Å². The molecule has 0 bridgehead atoms. The third-order valence-corrected chi connectivity index (χ3v) is 4.57. The second kappa shape index (κ2) is 9.37. The number of nitrogens with zero attached hydrogens (tertiary/aromatic N) is 1. The number of thiocarbonyl (C=S) groups is 1. The predicted molar refractivity (Wildman–Crippen MR) is 115 cm³/mol. The fourth-order valence-corrected chi connectivity index (χ4v) is 3.15. The quantitative estimate of drug-likeness (QED) is 0.314. The minimum Gasteiger partial charge on any atom is -0.205 e. The van der Waals surface area contributed by atoms with E-state index in [0.29, 0.717) is 0 Å². The van der Waals surface area contributed by atoms with Crippen LogP contribution in [0.2, 0.25) is 0 Å². The molecule has 4 heteroatoms. The van der Waals surface area contributed by atoms with Gasteiger partial charge >= 0.3 is 0 Å². The minimum absolute atomic E-state index is 0.0881. The van der Waals surface area contributed by atoms with Crippen molar-refractivity contribution in [2.75, 3.05) is 0 Å². The maximum Gasteiger partial charge on any atom is 0.143 e. The molecule has 1 aliphatic carbocycles. The number of halogens is 2. The van der Waals surface area contributed by atoms with Gasteiger partial charge in [-0.3, -0.25) is 0 Å². The van der Waals surface area contributed by atoms with Crippen LogP contribution in [0.4, 0.5) is 14.5 Å². The van der Waals surface area contributed by atoms with E-state index in [1.807, 2.05) is 6.08 Å². The molecule has 0 saturated heterocycles. The van der Waals surface area contributed by atoms with E-state index >= 15 is 0 Å². The van der Waals surface area contributed by atoms with E-state index in [1.165, 1.54) is 11.1 Å². The van der Waals surface area contributed by atoms with Crippen LogP contribution in [-0.2, 0) is 6.42 Å². The molecule has 3 rings (SSSR count). The highest BCUT2D eigenvalue weighted by Crippen LogP contribution is 2.26. The molecule has 0 fully saturated rings. The van der Waals surface area contributed by atoms with Crippen LogP contribution in [0.1, 0.15) is 48.4 Å². The topological polar surface area (TPSA) is 12.4 Å². The smallest absolute Gasteiger partial charge is 0.143 e. The van der Waals surface area contributed by atoms with Gasteiger partial charge in [-0.15, -0.1) is 0 Å². The van der Waals surface area contributed by atoms with Crippen LogP contribution in [0.25, 0.3) is 12.2 Å². The predicted octanol–water partition coefficient (Wildman–Crippen LogP) is 6.89. The molecule has 0 saturated carbocycles. The maximum absolute atomic E-state index is 14.1. The van der Waals surface area contributed by atoms with Gasteiger partial charge in [0.2, 0.25) is 0 Å². The molecule has 0 aliphatic heterocycles. The van der Waals surface area contributed by atoms with Crippen molar-refractivity contribution in [3.63, 3.8) is 0 Å². The Morgan fingerprint density at radius 3 is 2.61 bits per heavy atom. The SMILES string of the molecule is CCC/C=C/c1ccc2c(c1)CCC(C#Cc1c(F)cc(N=C=S)cc1F)=C2. The molecule has 0 unspecified atom stereocenters. The Morgan fingerprint density at radius 1 is 1.11 bits per heavy atom. The first-order valence-electron chi connectivity index (χ1n) is 9.19. The highest BCUT2D eigenvalue weighted by Gasteiger charge is 2.11. The summed E-state index contributed by atoms with van der Waals surface area (Å²) in [6, 6.07) is 8.54. The van der Waals surface area contributed by atoms with Crippen molar-refractivity contribution >= 4 is 35.2 Å². The van der Waals surface area contributed by atoms with Gasteiger partial charge in [0.05, 0.1) is 16.4 Å². The number of aliphatic imine (C=N–C) groups is 1. The molecule has 0 N–H and O–H groups in total. The lowest BCUT2D eigenvalue weighted by Gasteiger charge is -2.14. The average molecular weight is 391 g/mol. The minimum atomic E-state index is -0.753. The zero-order valence-corrected chi connectivity index (χ0v) is 16.4. The molecule has 2 aromatic rings. The van der Waals surface area contributed by atoms with Crippen molar-refractivity contribution in [1.29, 1.82) is 0 Å². The Balaban J connectivity index is 1.84. The summed E-state index contributed by atoms with van der Waals surface area (Å²) in [7, 11) is 0. The van der Waals surface area contributed by atoms with E-state index in [2.05, 4.69) is 71.5 Å². The van der Waals surface area contributed by atoms with Gasteiger partial charge in [0, 0.05) is 17.7 Å². The highest BCUT2D eigenvalue weighted by atomic mass is 32.1. The van der Waals surface area contributed by atoms with Crippen molar-refractivity contribution in [3.05, 3.63) is 75.9 Å². The Bertz CT molecular complexity index is 1040. The molecule has 0 radical (unpaired) electrons. The Kier molecular flexibility index (Phi) is 6.66. The number of unbranched alkanes of at least 4 members (excludes halogenated alkanes) is 1. The summed E-state index contributed by atoms with van der Waals surface area (Å²) in [6.45, 7) is 2.16. The third kappa shape index (κ3) is 4.89. The monoisotopic (exact) mass is 391 g/mol. The van der Waals surface area contributed by atoms with Crippen molar-refractivity contribution < 1.29 is 8.78 Å². The second-order valence-electron chi connectivity index (χ2n) is 6.56. The second-order valence-corrected chi connectivity index (χ2v) is 6.74. The summed E-state index contributed by atoms with van der Waals surface area (Å²) in [5.74, 6) is 4.04. The van der Waals surface area contributed by atoms with E-state index in [9.17, 15) is 8.78 Å². The lowest BCUT2D eigenvalue weighted by atomic mass is 9.91. The largest absolute Gasteiger partial charge is 0.205 e. The molecule has 2 aromatic carbocycles. The highest BCUT2D eigenvalue weighted by molar-refractivity contribution is 7.78. The molecule has 28 heavy (non-hydrogen) atoms. The average Bonchev–Trinajstić information content (AvgIpc) is 2.68. The van der Waals surface area contributed by atoms with Crippen LogP contribution in [0.5, 0.6) is 0 Å². The zero-order valence-electron chi connectivity index (χ0n) is 15.6. The van der Waals surface area contributed by atoms with Gasteiger partial charge in [-0.2, -0.15) is 4.99 Å². The summed E-state index contributed by atoms with van der Waals surface area (Å²) in [6.07, 6.45) is 10.1. The van der Waals surface area contributed by atoms with E-state index in [0.717, 1.165) is 49.0 Å². The molecule has 0 atom stereocenters. The van der Waals surface area contributed by atoms with Gasteiger partial charge < -0.3 is 0 Å². The van der Waals surface area contributed by atoms with Gasteiger partial charge in [-0.25, -0.2) is 8.78 Å². The van der Waals surface area contributed by atoms with Gasteiger partial charge in [0.25, 0.3) is 0 Å². The molecular weight excluding hydrogens is 372 g/mol. The number of hydrogen-bond donors (Lipinski definition) is 0. The molecule has 0 aromatic heterocycles. The van der Waals surface area contributed by atoms with Crippen LogP contribution >= 0.6 is 12.2 Å². The Labute approximate surface area is 169 Å². The molecule has 0 heterocycles. The fraction of sp³-hybridized carbons (Fsp3) is 0.208. The Morgan fingerprint density at radius 2 is 1.89 bits per heavy atom. The van der Waals surface area contributed by atoms with Gasteiger partial charge in [0.1, 0.15) is 11.6 Å². The van der Waals surface area contributed by atoms with Gasteiger partial charge in [-0.05, 0) is 54.2 Å². The molecular formula is C24H19F2NS. The van der Waals surface area contributed by atoms with Gasteiger partial charge in [0.15, 0.2) is 0 Å². The molecule has 1 aliphatic rings. The summed E-state index contributed by atoms with van der Waals surface area (Å²) in [4.78, 5) is 3.60. The molecule has 0 amide bonds. The lowest BCUT2D eigenvalue weighted by molar-refractivity contribution is 0.578. The molecule has 140 valence electrons. The maximum atomic E-state index is 14.1. The van der Waals surface area contributed by atoms with Crippen molar-refractivity contribution in [1.82, 2.24) is 0 Å². The van der Waals surface area contributed by atoms with Crippen LogP contribution < -0.4 is 0 Å². The number of aryl methyl sites for hydroxylation is 1. The normalized spacial score (nSPS) is 12.6. The van der Waals surface area contributed by atoms with Crippen molar-refractivity contribution in [2.24, 2.45) is 4.99 Å². The van der Waals surface area contributed by atoms with Crippen LogP contribution in [-0.4, -0.2) is 5.16 Å². The first-order valence-corrected chi connectivity index (χ1v) is 9.60. The standard InChI is InChI=1S/C24H19F2NS/c1-2-3-4-5-17-6-9-20-13-18(7-10-19(20)12-17)8-11-22-23(25)14-21(27-16-28)15-24(22)26/h4-6,9,12-15H,2-3,7,10H2,1H3/b5-4+. The first kappa shape index (κ1) is 19.9. The number of benzene rings is 2. The van der Waals surface area contributed by atoms with E-state index < -0.39 is 11.6 Å². The molecule has 1 nitrogen and oxygen atoms in total. The summed E-state index contributed by atoms with van der Waals surface area (Å²) >= 11 is 4.46. The van der Waals surface area contributed by atoms with E-state index in [4.69, 9.17) is 0 Å². The number of hydrogen-bond acceptors (Lipinski definition) is 2. The van der Waals surface area contributed by atoms with Crippen LogP contribution in [0.3, 0.4) is 0 Å². The van der Waals surface area contributed by atoms with Crippen LogP contribution in [0.15, 0.2) is 47.0 Å². The number of isothiocyanates is 1. The number of fused-ring (bicyclic) bond motifs is 1. The zero-order chi connectivity index (χ0) is 19.9. The summed E-state index contributed by atoms with van der Waals surface area (Å²) in [5.41, 5.74) is 4.26. The molecule has 0 spiro atoms. The van der Waals surface area contributed by atoms with E-state index in [-0.39, 0.29) is 11.3 Å². The summed E-state index contributed by atoms with van der Waals surface area (Å²) in [5, 5.41) is 2.09. The van der Waals surface area contributed by atoms with Crippen molar-refractivity contribution in [3.8, 4) is 11.8 Å². The fourth-order valence-electron chi connectivity index (χ4n) is 3.04. The van der Waals surface area contributed by atoms with Crippen LogP contribution in [0, 0.1) is 23.5 Å². The third-order valence-electron chi connectivity index (χ3n) is 4.48. The van der Waals surface area contributed by atoms with Gasteiger partial charge in [-0.1, -0.05) is 55.5 Å². The summed E-state index contributed by atoms with van der Waals surface area (Å²) < 4.78 is 28.2.